The topological polar surface area (TPSA) is 101 Å². The van der Waals surface area contributed by atoms with Crippen LogP contribution in [0.5, 0.6) is 0 Å². The number of thiazole rings is 1. The molecule has 2 N–H and O–H groups in total. The van der Waals surface area contributed by atoms with Crippen LogP contribution in [0.1, 0.15) is 58.7 Å². The second-order valence-electron chi connectivity index (χ2n) is 10.2. The summed E-state index contributed by atoms with van der Waals surface area (Å²) in [5, 5.41) is 5.68. The van der Waals surface area contributed by atoms with Crippen LogP contribution in [0.3, 0.4) is 0 Å². The van der Waals surface area contributed by atoms with Crippen LogP contribution in [0.15, 0.2) is 29.8 Å². The first-order valence-electron chi connectivity index (χ1n) is 12.0. The average Bonchev–Trinajstić information content (AvgIpc) is 3.43. The minimum Gasteiger partial charge on any atom is -0.444 e. The van der Waals surface area contributed by atoms with Crippen LogP contribution in [0.25, 0.3) is 10.4 Å². The maximum atomic E-state index is 13.3. The first kappa shape index (κ1) is 26.7. The van der Waals surface area contributed by atoms with Gasteiger partial charge in [-0.25, -0.2) is 9.78 Å². The Hall–Kier alpha value is -2.94. The standard InChI is InChI=1S/C26H36N4O4S/c1-16(2)21(29-25(33)34-26(4,5)6)24(32)30-13-7-8-20(30)23(31)27-14-18-9-11-19(12-10-18)22-17(3)28-15-35-22/h9-12,15-16,20-21H,7-8,13-14H2,1-6H3,(H,27,31)(H,29,33). The van der Waals surface area contributed by atoms with Crippen LogP contribution < -0.4 is 10.6 Å². The Balaban J connectivity index is 1.60. The number of nitrogens with one attached hydrogen (secondary N) is 2. The molecule has 9 heteroatoms. The number of benzene rings is 1. The molecule has 1 aromatic carbocycles. The number of rotatable bonds is 7. The number of alkyl carbamates (subject to hydrolysis) is 1. The maximum Gasteiger partial charge on any atom is 0.408 e. The van der Waals surface area contributed by atoms with E-state index >= 15 is 0 Å². The lowest BCUT2D eigenvalue weighted by molar-refractivity contribution is -0.140. The molecule has 2 atom stereocenters. The third-order valence-corrected chi connectivity index (χ3v) is 6.85. The summed E-state index contributed by atoms with van der Waals surface area (Å²) in [7, 11) is 0. The predicted octanol–water partition coefficient (Wildman–Crippen LogP) is 4.28. The van der Waals surface area contributed by atoms with E-state index in [-0.39, 0.29) is 17.7 Å². The van der Waals surface area contributed by atoms with Gasteiger partial charge in [0.05, 0.1) is 16.1 Å². The highest BCUT2D eigenvalue weighted by Crippen LogP contribution is 2.27. The zero-order valence-electron chi connectivity index (χ0n) is 21.4. The second-order valence-corrected chi connectivity index (χ2v) is 11.1. The van der Waals surface area contributed by atoms with Crippen molar-refractivity contribution in [1.29, 1.82) is 0 Å². The van der Waals surface area contributed by atoms with Crippen molar-refractivity contribution >= 4 is 29.2 Å². The van der Waals surface area contributed by atoms with Gasteiger partial charge in [-0.05, 0) is 57.6 Å². The van der Waals surface area contributed by atoms with Gasteiger partial charge in [0.25, 0.3) is 0 Å². The maximum absolute atomic E-state index is 13.3. The highest BCUT2D eigenvalue weighted by Gasteiger charge is 2.39. The highest BCUT2D eigenvalue weighted by atomic mass is 32.1. The van der Waals surface area contributed by atoms with Crippen molar-refractivity contribution in [3.05, 3.63) is 41.0 Å². The van der Waals surface area contributed by atoms with Crippen molar-refractivity contribution < 1.29 is 19.1 Å². The summed E-state index contributed by atoms with van der Waals surface area (Å²) in [5.74, 6) is -0.592. The Morgan fingerprint density at radius 2 is 1.89 bits per heavy atom. The van der Waals surface area contributed by atoms with Crippen LogP contribution in [0.4, 0.5) is 4.79 Å². The molecule has 2 aromatic rings. The van der Waals surface area contributed by atoms with E-state index in [1.807, 2.05) is 50.5 Å². The van der Waals surface area contributed by atoms with Crippen LogP contribution in [0, 0.1) is 12.8 Å². The third kappa shape index (κ3) is 7.04. The number of nitrogens with zero attached hydrogens (tertiary/aromatic N) is 2. The van der Waals surface area contributed by atoms with E-state index in [4.69, 9.17) is 4.74 Å². The first-order chi connectivity index (χ1) is 16.5. The lowest BCUT2D eigenvalue weighted by Gasteiger charge is -2.31. The molecule has 0 bridgehead atoms. The number of carbonyl (C=O) groups is 3. The van der Waals surface area contributed by atoms with Gasteiger partial charge in [0.15, 0.2) is 0 Å². The molecule has 3 amide bonds. The molecule has 8 nitrogen and oxygen atoms in total. The van der Waals surface area contributed by atoms with Gasteiger partial charge in [0.1, 0.15) is 17.7 Å². The van der Waals surface area contributed by atoms with E-state index in [1.54, 1.807) is 37.0 Å². The zero-order chi connectivity index (χ0) is 25.8. The molecule has 1 aliphatic heterocycles. The van der Waals surface area contributed by atoms with Crippen molar-refractivity contribution in [1.82, 2.24) is 20.5 Å². The van der Waals surface area contributed by atoms with E-state index in [1.165, 1.54) is 0 Å². The van der Waals surface area contributed by atoms with Gasteiger partial charge in [-0.15, -0.1) is 11.3 Å². The number of amides is 3. The van der Waals surface area contributed by atoms with Crippen molar-refractivity contribution in [3.8, 4) is 10.4 Å². The van der Waals surface area contributed by atoms with Gasteiger partial charge in [-0.3, -0.25) is 9.59 Å². The Morgan fingerprint density at radius 1 is 1.20 bits per heavy atom. The normalized spacial score (nSPS) is 16.8. The summed E-state index contributed by atoms with van der Waals surface area (Å²) < 4.78 is 5.33. The van der Waals surface area contributed by atoms with Gasteiger partial charge >= 0.3 is 6.09 Å². The summed E-state index contributed by atoms with van der Waals surface area (Å²) in [6.45, 7) is 11.9. The zero-order valence-corrected chi connectivity index (χ0v) is 22.2. The molecule has 0 radical (unpaired) electrons. The lowest BCUT2D eigenvalue weighted by atomic mass is 10.0. The number of aryl methyl sites for hydroxylation is 1. The van der Waals surface area contributed by atoms with Crippen LogP contribution in [0.2, 0.25) is 0 Å². The van der Waals surface area contributed by atoms with E-state index in [0.717, 1.165) is 28.1 Å². The fraction of sp³-hybridized carbons (Fsp3) is 0.538. The monoisotopic (exact) mass is 500 g/mol. The first-order valence-corrected chi connectivity index (χ1v) is 12.9. The van der Waals surface area contributed by atoms with E-state index in [2.05, 4.69) is 15.6 Å². The SMILES string of the molecule is Cc1ncsc1-c1ccc(CNC(=O)C2CCCN2C(=O)C(NC(=O)OC(C)(C)C)C(C)C)cc1. The molecular weight excluding hydrogens is 464 g/mol. The molecule has 3 rings (SSSR count). The molecule has 0 saturated carbocycles. The van der Waals surface area contributed by atoms with Gasteiger partial charge in [0, 0.05) is 13.1 Å². The second kappa shape index (κ2) is 11.2. The summed E-state index contributed by atoms with van der Waals surface area (Å²) in [6.07, 6.45) is 0.698. The minimum atomic E-state index is -0.763. The molecule has 2 heterocycles. The van der Waals surface area contributed by atoms with E-state index < -0.39 is 23.8 Å². The van der Waals surface area contributed by atoms with E-state index in [0.29, 0.717) is 19.5 Å². The van der Waals surface area contributed by atoms with Crippen LogP contribution in [-0.4, -0.2) is 52.0 Å². The molecule has 1 fully saturated rings. The van der Waals surface area contributed by atoms with Gasteiger partial charge < -0.3 is 20.3 Å². The van der Waals surface area contributed by atoms with Crippen molar-refractivity contribution in [2.24, 2.45) is 5.92 Å². The van der Waals surface area contributed by atoms with Gasteiger partial charge in [-0.2, -0.15) is 0 Å². The van der Waals surface area contributed by atoms with E-state index in [9.17, 15) is 14.4 Å². The number of aromatic nitrogens is 1. The summed E-state index contributed by atoms with van der Waals surface area (Å²) >= 11 is 1.60. The van der Waals surface area contributed by atoms with Crippen molar-refractivity contribution in [2.75, 3.05) is 6.54 Å². The Kier molecular flexibility index (Phi) is 8.53. The van der Waals surface area contributed by atoms with Crippen LogP contribution in [-0.2, 0) is 20.9 Å². The summed E-state index contributed by atoms with van der Waals surface area (Å²) in [6, 6.07) is 6.73. The number of hydrogen-bond acceptors (Lipinski definition) is 6. The van der Waals surface area contributed by atoms with Gasteiger partial charge in [0.2, 0.25) is 11.8 Å². The van der Waals surface area contributed by atoms with Crippen molar-refractivity contribution in [2.45, 2.75) is 78.6 Å². The number of ether oxygens (including phenoxy) is 1. The quantitative estimate of drug-likeness (QED) is 0.591. The number of carbonyl (C=O) groups excluding carboxylic acids is 3. The number of hydrogen-bond donors (Lipinski definition) is 2. The molecule has 1 aromatic heterocycles. The molecule has 35 heavy (non-hydrogen) atoms. The highest BCUT2D eigenvalue weighted by molar-refractivity contribution is 7.13. The molecule has 2 unspecified atom stereocenters. The molecule has 0 spiro atoms. The summed E-state index contributed by atoms with van der Waals surface area (Å²) in [5.41, 5.74) is 4.25. The largest absolute Gasteiger partial charge is 0.444 e. The number of likely N-dealkylation sites (tertiary alicyclic amines) is 1. The predicted molar refractivity (Wildman–Crippen MR) is 137 cm³/mol. The fourth-order valence-corrected chi connectivity index (χ4v) is 4.90. The van der Waals surface area contributed by atoms with Crippen molar-refractivity contribution in [3.63, 3.8) is 0 Å². The molecule has 1 aliphatic rings. The lowest BCUT2D eigenvalue weighted by Crippen LogP contribution is -2.55. The molecule has 0 aliphatic carbocycles. The molecule has 1 saturated heterocycles. The molecular formula is C26H36N4O4S. The van der Waals surface area contributed by atoms with Gasteiger partial charge in [-0.1, -0.05) is 38.1 Å². The third-order valence-electron chi connectivity index (χ3n) is 5.87. The van der Waals surface area contributed by atoms with Crippen LogP contribution >= 0.6 is 11.3 Å². The Bertz CT molecular complexity index is 1040. The smallest absolute Gasteiger partial charge is 0.408 e. The minimum absolute atomic E-state index is 0.153. The molecule has 190 valence electrons. The Morgan fingerprint density at radius 3 is 2.46 bits per heavy atom. The Labute approximate surface area is 211 Å². The summed E-state index contributed by atoms with van der Waals surface area (Å²) in [4.78, 5) is 45.7. The fourth-order valence-electron chi connectivity index (χ4n) is 4.09. The average molecular weight is 501 g/mol.